The number of halogens is 1. The first kappa shape index (κ1) is 12.2. The van der Waals surface area contributed by atoms with Crippen molar-refractivity contribution in [3.63, 3.8) is 0 Å². The summed E-state index contributed by atoms with van der Waals surface area (Å²) in [7, 11) is 0. The fraction of sp³-hybridized carbons (Fsp3) is 0.462. The molecule has 17 heavy (non-hydrogen) atoms. The summed E-state index contributed by atoms with van der Waals surface area (Å²) in [6.45, 7) is 3.22. The Morgan fingerprint density at radius 2 is 2.35 bits per heavy atom. The van der Waals surface area contributed by atoms with Crippen molar-refractivity contribution in [2.24, 2.45) is 5.73 Å². The molecule has 0 aromatic heterocycles. The largest absolute Gasteiger partial charge is 0.384 e. The van der Waals surface area contributed by atoms with E-state index in [2.05, 4.69) is 11.8 Å². The third-order valence-electron chi connectivity index (χ3n) is 3.42. The Labute approximate surface area is 107 Å². The lowest BCUT2D eigenvalue weighted by molar-refractivity contribution is 0.645. The van der Waals surface area contributed by atoms with Crippen molar-refractivity contribution in [2.75, 3.05) is 11.4 Å². The van der Waals surface area contributed by atoms with Gasteiger partial charge in [-0.1, -0.05) is 24.6 Å². The lowest BCUT2D eigenvalue weighted by Crippen LogP contribution is -2.31. The van der Waals surface area contributed by atoms with Crippen molar-refractivity contribution in [3.8, 4) is 0 Å². The zero-order chi connectivity index (χ0) is 12.4. The molecule has 92 valence electrons. The first-order valence-electron chi connectivity index (χ1n) is 6.04. The molecule has 1 aromatic carbocycles. The minimum atomic E-state index is 0.0485. The lowest BCUT2D eigenvalue weighted by Gasteiger charge is -2.28. The number of benzene rings is 1. The minimum Gasteiger partial charge on any atom is -0.384 e. The number of nitrogens with one attached hydrogen (secondary N) is 1. The van der Waals surface area contributed by atoms with Crippen molar-refractivity contribution < 1.29 is 0 Å². The molecular weight excluding hydrogens is 234 g/mol. The molecule has 1 atom stereocenters. The molecule has 0 aliphatic carbocycles. The molecule has 4 heteroatoms. The molecule has 1 saturated heterocycles. The maximum absolute atomic E-state index is 7.67. The van der Waals surface area contributed by atoms with Crippen LogP contribution >= 0.6 is 11.6 Å². The Balaban J connectivity index is 2.44. The summed E-state index contributed by atoms with van der Waals surface area (Å²) in [4.78, 5) is 2.34. The third-order valence-corrected chi connectivity index (χ3v) is 3.73. The molecule has 1 fully saturated rings. The summed E-state index contributed by atoms with van der Waals surface area (Å²) in [6.07, 6.45) is 3.52. The molecule has 1 heterocycles. The number of anilines is 1. The maximum atomic E-state index is 7.67. The van der Waals surface area contributed by atoms with Gasteiger partial charge in [0.1, 0.15) is 5.84 Å². The van der Waals surface area contributed by atoms with Crippen LogP contribution in [0.3, 0.4) is 0 Å². The molecule has 0 saturated carbocycles. The van der Waals surface area contributed by atoms with E-state index in [0.717, 1.165) is 18.7 Å². The van der Waals surface area contributed by atoms with Gasteiger partial charge in [-0.25, -0.2) is 0 Å². The summed E-state index contributed by atoms with van der Waals surface area (Å²) in [5.41, 5.74) is 7.33. The zero-order valence-electron chi connectivity index (χ0n) is 10.0. The maximum Gasteiger partial charge on any atom is 0.126 e. The van der Waals surface area contributed by atoms with Gasteiger partial charge in [0.2, 0.25) is 0 Å². The average Bonchev–Trinajstić information content (AvgIpc) is 2.75. The number of hydrogen-bond acceptors (Lipinski definition) is 2. The van der Waals surface area contributed by atoms with Gasteiger partial charge in [-0.3, -0.25) is 5.41 Å². The van der Waals surface area contributed by atoms with Crippen molar-refractivity contribution in [1.29, 1.82) is 5.41 Å². The van der Waals surface area contributed by atoms with Gasteiger partial charge in [0, 0.05) is 18.3 Å². The molecule has 3 N–H and O–H groups in total. The van der Waals surface area contributed by atoms with E-state index in [0.29, 0.717) is 16.6 Å². The number of hydrogen-bond donors (Lipinski definition) is 2. The summed E-state index contributed by atoms with van der Waals surface area (Å²) in [6, 6.07) is 6.27. The van der Waals surface area contributed by atoms with Crippen molar-refractivity contribution in [2.45, 2.75) is 32.2 Å². The molecular formula is C13H18ClN3. The standard InChI is InChI=1S/C13H18ClN3/c1-2-9-5-4-8-17(9)11-7-3-6-10(14)12(11)13(15)16/h3,6-7,9H,2,4-5,8H2,1H3,(H3,15,16). The highest BCUT2D eigenvalue weighted by Gasteiger charge is 2.26. The molecule has 1 unspecified atom stereocenters. The number of nitrogens with two attached hydrogens (primary N) is 1. The van der Waals surface area contributed by atoms with E-state index < -0.39 is 0 Å². The van der Waals surface area contributed by atoms with Gasteiger partial charge in [-0.15, -0.1) is 0 Å². The normalized spacial score (nSPS) is 19.6. The van der Waals surface area contributed by atoms with Crippen LogP contribution in [0.2, 0.25) is 5.02 Å². The van der Waals surface area contributed by atoms with Crippen molar-refractivity contribution in [1.82, 2.24) is 0 Å². The fourth-order valence-corrected chi connectivity index (χ4v) is 2.87. The quantitative estimate of drug-likeness (QED) is 0.641. The first-order chi connectivity index (χ1) is 8.15. The topological polar surface area (TPSA) is 53.1 Å². The van der Waals surface area contributed by atoms with Crippen molar-refractivity contribution in [3.05, 3.63) is 28.8 Å². The fourth-order valence-electron chi connectivity index (χ4n) is 2.60. The van der Waals surface area contributed by atoms with Gasteiger partial charge in [-0.2, -0.15) is 0 Å². The number of nitrogens with zero attached hydrogens (tertiary/aromatic N) is 1. The summed E-state index contributed by atoms with van der Waals surface area (Å²) in [5.74, 6) is 0.0485. The predicted molar refractivity (Wildman–Crippen MR) is 73.1 cm³/mol. The molecule has 0 spiro atoms. The van der Waals surface area contributed by atoms with E-state index in [-0.39, 0.29) is 5.84 Å². The monoisotopic (exact) mass is 251 g/mol. The number of amidine groups is 1. The van der Waals surface area contributed by atoms with Crippen LogP contribution in [-0.2, 0) is 0 Å². The first-order valence-corrected chi connectivity index (χ1v) is 6.42. The van der Waals surface area contributed by atoms with E-state index in [1.165, 1.54) is 12.8 Å². The van der Waals surface area contributed by atoms with Crippen LogP contribution in [0.25, 0.3) is 0 Å². The van der Waals surface area contributed by atoms with Crippen molar-refractivity contribution >= 4 is 23.1 Å². The average molecular weight is 252 g/mol. The summed E-state index contributed by atoms with van der Waals surface area (Å²) in [5, 5.41) is 8.24. The Bertz CT molecular complexity index is 431. The highest BCUT2D eigenvalue weighted by Crippen LogP contribution is 2.33. The highest BCUT2D eigenvalue weighted by atomic mass is 35.5. The molecule has 0 bridgehead atoms. The van der Waals surface area contributed by atoms with E-state index in [1.54, 1.807) is 6.07 Å². The van der Waals surface area contributed by atoms with E-state index in [9.17, 15) is 0 Å². The van der Waals surface area contributed by atoms with Gasteiger partial charge >= 0.3 is 0 Å². The summed E-state index contributed by atoms with van der Waals surface area (Å²) < 4.78 is 0. The van der Waals surface area contributed by atoms with Crippen LogP contribution in [0.4, 0.5) is 5.69 Å². The van der Waals surface area contributed by atoms with Gasteiger partial charge < -0.3 is 10.6 Å². The van der Waals surface area contributed by atoms with Crippen LogP contribution in [0.1, 0.15) is 31.7 Å². The minimum absolute atomic E-state index is 0.0485. The predicted octanol–water partition coefficient (Wildman–Crippen LogP) is 3.00. The second-order valence-electron chi connectivity index (χ2n) is 4.45. The van der Waals surface area contributed by atoms with Crippen LogP contribution in [0, 0.1) is 5.41 Å². The summed E-state index contributed by atoms with van der Waals surface area (Å²) >= 11 is 6.15. The zero-order valence-corrected chi connectivity index (χ0v) is 10.8. The van der Waals surface area contributed by atoms with E-state index in [4.69, 9.17) is 22.7 Å². The van der Waals surface area contributed by atoms with Crippen LogP contribution < -0.4 is 10.6 Å². The molecule has 2 rings (SSSR count). The lowest BCUT2D eigenvalue weighted by atomic mass is 10.1. The third kappa shape index (κ3) is 2.25. The molecule has 1 aliphatic heterocycles. The van der Waals surface area contributed by atoms with Gasteiger partial charge in [-0.05, 0) is 31.4 Å². The Kier molecular flexibility index (Phi) is 3.57. The smallest absolute Gasteiger partial charge is 0.126 e. The molecule has 1 aromatic rings. The van der Waals surface area contributed by atoms with Gasteiger partial charge in [0.25, 0.3) is 0 Å². The number of rotatable bonds is 3. The molecule has 0 amide bonds. The molecule has 1 aliphatic rings. The van der Waals surface area contributed by atoms with Gasteiger partial charge in [0.05, 0.1) is 10.6 Å². The van der Waals surface area contributed by atoms with Gasteiger partial charge in [0.15, 0.2) is 0 Å². The van der Waals surface area contributed by atoms with E-state index in [1.807, 2.05) is 12.1 Å². The number of nitrogen functional groups attached to an aromatic ring is 1. The SMILES string of the molecule is CCC1CCCN1c1cccc(Cl)c1C(=N)N. The van der Waals surface area contributed by atoms with Crippen LogP contribution in [0.15, 0.2) is 18.2 Å². The Morgan fingerprint density at radius 1 is 1.59 bits per heavy atom. The van der Waals surface area contributed by atoms with Crippen LogP contribution in [-0.4, -0.2) is 18.4 Å². The highest BCUT2D eigenvalue weighted by molar-refractivity contribution is 6.34. The second kappa shape index (κ2) is 4.96. The van der Waals surface area contributed by atoms with E-state index >= 15 is 0 Å². The molecule has 3 nitrogen and oxygen atoms in total. The van der Waals surface area contributed by atoms with Crippen LogP contribution in [0.5, 0.6) is 0 Å². The Morgan fingerprint density at radius 3 is 3.00 bits per heavy atom. The second-order valence-corrected chi connectivity index (χ2v) is 4.85. The Hall–Kier alpha value is -1.22. The molecule has 0 radical (unpaired) electrons.